The van der Waals surface area contributed by atoms with Crippen molar-refractivity contribution in [3.63, 3.8) is 0 Å². The van der Waals surface area contributed by atoms with E-state index in [2.05, 4.69) is 5.10 Å². The van der Waals surface area contributed by atoms with Crippen LogP contribution < -0.4 is 5.73 Å². The summed E-state index contributed by atoms with van der Waals surface area (Å²) in [4.78, 5) is 14.0. The Balaban J connectivity index is 2.05. The fourth-order valence-corrected chi connectivity index (χ4v) is 2.44. The number of hydrogen-bond acceptors (Lipinski definition) is 5. The van der Waals surface area contributed by atoms with E-state index in [9.17, 15) is 9.90 Å². The molecule has 0 bridgehead atoms. The molecule has 1 aliphatic heterocycles. The number of aryl methyl sites for hydroxylation is 1. The van der Waals surface area contributed by atoms with E-state index in [1.165, 1.54) is 0 Å². The average molecular weight is 282 g/mol. The number of hydrogen-bond donors (Lipinski definition) is 2. The standard InChI is InChI=1S/C13H22N4O3/c1-8-4-16(5-11(7-18)20-8)12(19)6-17-10(3)13(14)9(2)15-17/h8,11,18H,4-7,14H2,1-3H3. The molecule has 1 aliphatic rings. The van der Waals surface area contributed by atoms with Gasteiger partial charge in [-0.1, -0.05) is 0 Å². The van der Waals surface area contributed by atoms with E-state index in [0.717, 1.165) is 11.4 Å². The first kappa shape index (κ1) is 14.8. The summed E-state index contributed by atoms with van der Waals surface area (Å²) >= 11 is 0. The summed E-state index contributed by atoms with van der Waals surface area (Å²) in [5, 5.41) is 13.5. The molecular weight excluding hydrogens is 260 g/mol. The molecule has 20 heavy (non-hydrogen) atoms. The number of aromatic nitrogens is 2. The van der Waals surface area contributed by atoms with Crippen LogP contribution in [-0.2, 0) is 16.1 Å². The van der Waals surface area contributed by atoms with Crippen molar-refractivity contribution in [2.24, 2.45) is 0 Å². The molecule has 112 valence electrons. The zero-order valence-electron chi connectivity index (χ0n) is 12.2. The molecule has 1 aromatic rings. The lowest BCUT2D eigenvalue weighted by molar-refractivity contribution is -0.147. The Kier molecular flexibility index (Phi) is 4.29. The minimum atomic E-state index is -0.312. The molecule has 1 saturated heterocycles. The van der Waals surface area contributed by atoms with E-state index in [4.69, 9.17) is 10.5 Å². The van der Waals surface area contributed by atoms with Gasteiger partial charge < -0.3 is 20.5 Å². The third-order valence-corrected chi connectivity index (χ3v) is 3.61. The van der Waals surface area contributed by atoms with Gasteiger partial charge in [-0.15, -0.1) is 0 Å². The second-order valence-corrected chi connectivity index (χ2v) is 5.29. The van der Waals surface area contributed by atoms with Crippen LogP contribution in [0.1, 0.15) is 18.3 Å². The number of nitrogen functional groups attached to an aromatic ring is 1. The second-order valence-electron chi connectivity index (χ2n) is 5.29. The van der Waals surface area contributed by atoms with Crippen LogP contribution in [-0.4, -0.2) is 57.6 Å². The number of carbonyl (C=O) groups is 1. The van der Waals surface area contributed by atoms with Crippen molar-refractivity contribution in [1.82, 2.24) is 14.7 Å². The summed E-state index contributed by atoms with van der Waals surface area (Å²) in [6.45, 7) is 6.58. The van der Waals surface area contributed by atoms with E-state index in [1.807, 2.05) is 20.8 Å². The molecule has 2 unspecified atom stereocenters. The number of ether oxygens (including phenoxy) is 1. The van der Waals surface area contributed by atoms with Gasteiger partial charge >= 0.3 is 0 Å². The number of amides is 1. The second kappa shape index (κ2) is 5.80. The van der Waals surface area contributed by atoms with Crippen LogP contribution in [0.5, 0.6) is 0 Å². The number of aliphatic hydroxyl groups excluding tert-OH is 1. The number of carbonyl (C=O) groups excluding carboxylic acids is 1. The first-order chi connectivity index (χ1) is 9.42. The van der Waals surface area contributed by atoms with Gasteiger partial charge in [0.15, 0.2) is 0 Å². The third-order valence-electron chi connectivity index (χ3n) is 3.61. The van der Waals surface area contributed by atoms with Crippen LogP contribution in [0.15, 0.2) is 0 Å². The maximum Gasteiger partial charge on any atom is 0.244 e. The fourth-order valence-electron chi connectivity index (χ4n) is 2.44. The highest BCUT2D eigenvalue weighted by molar-refractivity contribution is 5.76. The Hall–Kier alpha value is -1.60. The lowest BCUT2D eigenvalue weighted by Gasteiger charge is -2.36. The van der Waals surface area contributed by atoms with Gasteiger partial charge in [-0.25, -0.2) is 0 Å². The molecule has 1 fully saturated rings. The normalized spacial score (nSPS) is 23.1. The molecule has 7 heteroatoms. The van der Waals surface area contributed by atoms with E-state index in [1.54, 1.807) is 9.58 Å². The Morgan fingerprint density at radius 3 is 2.75 bits per heavy atom. The van der Waals surface area contributed by atoms with Crippen molar-refractivity contribution in [2.45, 2.75) is 39.5 Å². The smallest absolute Gasteiger partial charge is 0.244 e. The van der Waals surface area contributed by atoms with Gasteiger partial charge in [-0.2, -0.15) is 5.10 Å². The topological polar surface area (TPSA) is 93.6 Å². The SMILES string of the molecule is Cc1nn(CC(=O)N2CC(C)OC(CO)C2)c(C)c1N. The minimum absolute atomic E-state index is 0.0378. The first-order valence-electron chi connectivity index (χ1n) is 6.76. The Labute approximate surface area is 118 Å². The quantitative estimate of drug-likeness (QED) is 0.793. The van der Waals surface area contributed by atoms with Crippen LogP contribution in [0.4, 0.5) is 5.69 Å². The predicted octanol–water partition coefficient (Wildman–Crippen LogP) is -0.310. The van der Waals surface area contributed by atoms with Crippen molar-refractivity contribution in [1.29, 1.82) is 0 Å². The highest BCUT2D eigenvalue weighted by atomic mass is 16.5. The molecule has 3 N–H and O–H groups in total. The number of anilines is 1. The summed E-state index contributed by atoms with van der Waals surface area (Å²) in [7, 11) is 0. The van der Waals surface area contributed by atoms with E-state index in [-0.39, 0.29) is 31.3 Å². The first-order valence-corrected chi connectivity index (χ1v) is 6.76. The van der Waals surface area contributed by atoms with Crippen molar-refractivity contribution >= 4 is 11.6 Å². The van der Waals surface area contributed by atoms with Crippen molar-refractivity contribution in [3.8, 4) is 0 Å². The monoisotopic (exact) mass is 282 g/mol. The minimum Gasteiger partial charge on any atom is -0.396 e. The molecular formula is C13H22N4O3. The van der Waals surface area contributed by atoms with E-state index >= 15 is 0 Å². The summed E-state index contributed by atoms with van der Waals surface area (Å²) in [6, 6.07) is 0. The number of aliphatic hydroxyl groups is 1. The maximum atomic E-state index is 12.3. The van der Waals surface area contributed by atoms with E-state index in [0.29, 0.717) is 18.8 Å². The zero-order valence-corrected chi connectivity index (χ0v) is 12.2. The predicted molar refractivity (Wildman–Crippen MR) is 74.1 cm³/mol. The molecule has 0 saturated carbocycles. The summed E-state index contributed by atoms with van der Waals surface area (Å²) in [5.74, 6) is -0.0378. The van der Waals surface area contributed by atoms with Crippen LogP contribution in [0.3, 0.4) is 0 Å². The highest BCUT2D eigenvalue weighted by Gasteiger charge is 2.28. The maximum absolute atomic E-state index is 12.3. The van der Waals surface area contributed by atoms with Crippen LogP contribution in [0, 0.1) is 13.8 Å². The molecule has 1 aromatic heterocycles. The fraction of sp³-hybridized carbons (Fsp3) is 0.692. The van der Waals surface area contributed by atoms with Crippen molar-refractivity contribution < 1.29 is 14.6 Å². The van der Waals surface area contributed by atoms with Gasteiger partial charge in [0.2, 0.25) is 5.91 Å². The molecule has 0 spiro atoms. The number of morpholine rings is 1. The molecule has 0 radical (unpaired) electrons. The molecule has 0 aliphatic carbocycles. The number of nitrogens with two attached hydrogens (primary N) is 1. The van der Waals surface area contributed by atoms with Gasteiger partial charge in [0.05, 0.1) is 35.9 Å². The highest BCUT2D eigenvalue weighted by Crippen LogP contribution is 2.16. The average Bonchev–Trinajstić information content (AvgIpc) is 2.65. The Morgan fingerprint density at radius 1 is 1.50 bits per heavy atom. The molecule has 2 heterocycles. The van der Waals surface area contributed by atoms with E-state index < -0.39 is 0 Å². The van der Waals surface area contributed by atoms with Crippen molar-refractivity contribution in [3.05, 3.63) is 11.4 Å². The van der Waals surface area contributed by atoms with Crippen LogP contribution in [0.2, 0.25) is 0 Å². The number of nitrogens with zero attached hydrogens (tertiary/aromatic N) is 3. The Bertz CT molecular complexity index is 500. The zero-order chi connectivity index (χ0) is 14.9. The number of rotatable bonds is 3. The summed E-state index contributed by atoms with van der Waals surface area (Å²) < 4.78 is 7.15. The largest absolute Gasteiger partial charge is 0.396 e. The molecule has 1 amide bonds. The summed E-state index contributed by atoms with van der Waals surface area (Å²) in [6.07, 6.45) is -0.386. The molecule has 0 aromatic carbocycles. The van der Waals surface area contributed by atoms with Gasteiger partial charge in [-0.05, 0) is 20.8 Å². The van der Waals surface area contributed by atoms with Gasteiger partial charge in [-0.3, -0.25) is 9.48 Å². The lowest BCUT2D eigenvalue weighted by atomic mass is 10.2. The Morgan fingerprint density at radius 2 is 2.20 bits per heavy atom. The molecule has 2 atom stereocenters. The molecule has 2 rings (SSSR count). The molecule has 7 nitrogen and oxygen atoms in total. The van der Waals surface area contributed by atoms with Gasteiger partial charge in [0.1, 0.15) is 6.54 Å². The lowest BCUT2D eigenvalue weighted by Crippen LogP contribution is -2.51. The van der Waals surface area contributed by atoms with Crippen molar-refractivity contribution in [2.75, 3.05) is 25.4 Å². The summed E-state index contributed by atoms with van der Waals surface area (Å²) in [5.41, 5.74) is 8.02. The van der Waals surface area contributed by atoms with Crippen LogP contribution in [0.25, 0.3) is 0 Å². The third kappa shape index (κ3) is 2.94. The van der Waals surface area contributed by atoms with Crippen LogP contribution >= 0.6 is 0 Å². The van der Waals surface area contributed by atoms with Gasteiger partial charge in [0, 0.05) is 13.1 Å². The van der Waals surface area contributed by atoms with Gasteiger partial charge in [0.25, 0.3) is 0 Å².